The molecule has 1 aromatic carbocycles. The average molecular weight is 264 g/mol. The number of benzene rings is 1. The summed E-state index contributed by atoms with van der Waals surface area (Å²) in [4.78, 5) is 11.6. The smallest absolute Gasteiger partial charge is 0.220 e. The van der Waals surface area contributed by atoms with Crippen molar-refractivity contribution in [1.29, 1.82) is 0 Å². The van der Waals surface area contributed by atoms with Crippen LogP contribution in [0.5, 0.6) is 5.75 Å². The van der Waals surface area contributed by atoms with Crippen molar-refractivity contribution in [2.45, 2.75) is 46.2 Å². The Kier molecular flexibility index (Phi) is 6.36. The van der Waals surface area contributed by atoms with E-state index in [1.807, 2.05) is 39.0 Å². The molecule has 0 bridgehead atoms. The summed E-state index contributed by atoms with van der Waals surface area (Å²) in [6.07, 6.45) is 1.17. The van der Waals surface area contributed by atoms with Crippen LogP contribution < -0.4 is 15.8 Å². The summed E-state index contributed by atoms with van der Waals surface area (Å²) in [6, 6.07) is 6.06. The van der Waals surface area contributed by atoms with E-state index >= 15 is 0 Å². The molecule has 0 fully saturated rings. The predicted octanol–water partition coefficient (Wildman–Crippen LogP) is 2.14. The van der Waals surface area contributed by atoms with Gasteiger partial charge in [0.05, 0.1) is 6.61 Å². The van der Waals surface area contributed by atoms with Crippen molar-refractivity contribution < 1.29 is 9.53 Å². The standard InChI is InChI=1S/C15H24N2O2/c1-4-19-14-9-11(2)5-7-13(14)10-17-15(18)8-6-12(3)16/h5,7,9,12H,4,6,8,10,16H2,1-3H3,(H,17,18). The molecule has 0 heterocycles. The van der Waals surface area contributed by atoms with Gasteiger partial charge in [-0.25, -0.2) is 0 Å². The molecule has 0 saturated heterocycles. The first-order chi connectivity index (χ1) is 9.02. The maximum Gasteiger partial charge on any atom is 0.220 e. The third-order valence-electron chi connectivity index (χ3n) is 2.83. The molecule has 0 aliphatic heterocycles. The number of nitrogens with two attached hydrogens (primary N) is 1. The van der Waals surface area contributed by atoms with Crippen molar-refractivity contribution in [2.24, 2.45) is 5.73 Å². The van der Waals surface area contributed by atoms with E-state index in [2.05, 4.69) is 5.32 Å². The molecule has 0 spiro atoms. The van der Waals surface area contributed by atoms with Gasteiger partial charge < -0.3 is 15.8 Å². The number of amides is 1. The van der Waals surface area contributed by atoms with Gasteiger partial charge in [0.2, 0.25) is 5.91 Å². The third-order valence-corrected chi connectivity index (χ3v) is 2.83. The zero-order valence-corrected chi connectivity index (χ0v) is 12.0. The van der Waals surface area contributed by atoms with Crippen molar-refractivity contribution in [1.82, 2.24) is 5.32 Å². The van der Waals surface area contributed by atoms with E-state index in [4.69, 9.17) is 10.5 Å². The molecule has 4 nitrogen and oxygen atoms in total. The highest BCUT2D eigenvalue weighted by atomic mass is 16.5. The molecule has 0 aliphatic carbocycles. The lowest BCUT2D eigenvalue weighted by atomic mass is 10.1. The topological polar surface area (TPSA) is 64.3 Å². The van der Waals surface area contributed by atoms with E-state index < -0.39 is 0 Å². The lowest BCUT2D eigenvalue weighted by Gasteiger charge is -2.12. The molecule has 1 amide bonds. The number of ether oxygens (including phenoxy) is 1. The maximum absolute atomic E-state index is 11.6. The summed E-state index contributed by atoms with van der Waals surface area (Å²) < 4.78 is 5.58. The molecule has 4 heteroatoms. The summed E-state index contributed by atoms with van der Waals surface area (Å²) >= 11 is 0. The van der Waals surface area contributed by atoms with E-state index in [1.54, 1.807) is 0 Å². The zero-order chi connectivity index (χ0) is 14.3. The van der Waals surface area contributed by atoms with E-state index in [1.165, 1.54) is 0 Å². The van der Waals surface area contributed by atoms with Crippen LogP contribution in [0.25, 0.3) is 0 Å². The second-order valence-corrected chi connectivity index (χ2v) is 4.84. The van der Waals surface area contributed by atoms with Crippen molar-refractivity contribution >= 4 is 5.91 Å². The van der Waals surface area contributed by atoms with Gasteiger partial charge in [-0.3, -0.25) is 4.79 Å². The van der Waals surface area contributed by atoms with Crippen molar-refractivity contribution in [3.8, 4) is 5.75 Å². The fourth-order valence-electron chi connectivity index (χ4n) is 1.74. The lowest BCUT2D eigenvalue weighted by Crippen LogP contribution is -2.25. The molecule has 0 aromatic heterocycles. The minimum Gasteiger partial charge on any atom is -0.494 e. The predicted molar refractivity (Wildman–Crippen MR) is 77.1 cm³/mol. The summed E-state index contributed by atoms with van der Waals surface area (Å²) in [6.45, 7) is 6.99. The summed E-state index contributed by atoms with van der Waals surface area (Å²) in [7, 11) is 0. The van der Waals surface area contributed by atoms with Gasteiger partial charge in [0.1, 0.15) is 5.75 Å². The summed E-state index contributed by atoms with van der Waals surface area (Å²) in [5.74, 6) is 0.871. The molecule has 1 aromatic rings. The van der Waals surface area contributed by atoms with Gasteiger partial charge in [0.15, 0.2) is 0 Å². The lowest BCUT2D eigenvalue weighted by molar-refractivity contribution is -0.121. The molecular weight excluding hydrogens is 240 g/mol. The van der Waals surface area contributed by atoms with Gasteiger partial charge in [-0.2, -0.15) is 0 Å². The van der Waals surface area contributed by atoms with Crippen LogP contribution in [-0.2, 0) is 11.3 Å². The Morgan fingerprint density at radius 3 is 2.84 bits per heavy atom. The van der Waals surface area contributed by atoms with Gasteiger partial charge in [-0.05, 0) is 38.8 Å². The number of carbonyl (C=O) groups excluding carboxylic acids is 1. The van der Waals surface area contributed by atoms with E-state index in [9.17, 15) is 4.79 Å². The highest BCUT2D eigenvalue weighted by Gasteiger charge is 2.07. The first-order valence-electron chi connectivity index (χ1n) is 6.77. The van der Waals surface area contributed by atoms with Gasteiger partial charge in [-0.15, -0.1) is 0 Å². The number of hydrogen-bond donors (Lipinski definition) is 2. The fraction of sp³-hybridized carbons (Fsp3) is 0.533. The zero-order valence-electron chi connectivity index (χ0n) is 12.0. The first kappa shape index (κ1) is 15.5. The second-order valence-electron chi connectivity index (χ2n) is 4.84. The molecule has 0 radical (unpaired) electrons. The molecule has 3 N–H and O–H groups in total. The van der Waals surface area contributed by atoms with Gasteiger partial charge in [0, 0.05) is 24.6 Å². The van der Waals surface area contributed by atoms with Crippen LogP contribution in [0.1, 0.15) is 37.8 Å². The molecule has 1 rings (SSSR count). The monoisotopic (exact) mass is 264 g/mol. The summed E-state index contributed by atoms with van der Waals surface area (Å²) in [5.41, 5.74) is 7.78. The highest BCUT2D eigenvalue weighted by Crippen LogP contribution is 2.20. The maximum atomic E-state index is 11.6. The van der Waals surface area contributed by atoms with E-state index in [0.717, 1.165) is 16.9 Å². The first-order valence-corrected chi connectivity index (χ1v) is 6.77. The Hall–Kier alpha value is -1.55. The van der Waals surface area contributed by atoms with Crippen LogP contribution in [0.4, 0.5) is 0 Å². The molecular formula is C15H24N2O2. The number of rotatable bonds is 7. The Morgan fingerprint density at radius 1 is 1.47 bits per heavy atom. The minimum absolute atomic E-state index is 0.0281. The average Bonchev–Trinajstić information content (AvgIpc) is 2.35. The molecule has 1 atom stereocenters. The van der Waals surface area contributed by atoms with Gasteiger partial charge >= 0.3 is 0 Å². The van der Waals surface area contributed by atoms with Gasteiger partial charge in [-0.1, -0.05) is 12.1 Å². The third kappa shape index (κ3) is 5.75. The number of aryl methyl sites for hydroxylation is 1. The molecule has 0 saturated carbocycles. The van der Waals surface area contributed by atoms with Gasteiger partial charge in [0.25, 0.3) is 0 Å². The Labute approximate surface area is 115 Å². The molecule has 1 unspecified atom stereocenters. The highest BCUT2D eigenvalue weighted by molar-refractivity contribution is 5.75. The number of hydrogen-bond acceptors (Lipinski definition) is 3. The van der Waals surface area contributed by atoms with Crippen LogP contribution in [0.15, 0.2) is 18.2 Å². The molecule has 106 valence electrons. The van der Waals surface area contributed by atoms with E-state index in [0.29, 0.717) is 26.0 Å². The Bertz CT molecular complexity index is 417. The Balaban J connectivity index is 2.54. The van der Waals surface area contributed by atoms with Crippen LogP contribution in [0.3, 0.4) is 0 Å². The number of nitrogens with one attached hydrogen (secondary N) is 1. The fourth-order valence-corrected chi connectivity index (χ4v) is 1.74. The number of carbonyl (C=O) groups is 1. The second kappa shape index (κ2) is 7.79. The van der Waals surface area contributed by atoms with Crippen LogP contribution >= 0.6 is 0 Å². The van der Waals surface area contributed by atoms with Crippen molar-refractivity contribution in [3.05, 3.63) is 29.3 Å². The largest absolute Gasteiger partial charge is 0.494 e. The minimum atomic E-state index is 0.0281. The summed E-state index contributed by atoms with van der Waals surface area (Å²) in [5, 5.41) is 2.90. The van der Waals surface area contributed by atoms with Crippen molar-refractivity contribution in [3.63, 3.8) is 0 Å². The molecule has 19 heavy (non-hydrogen) atoms. The SMILES string of the molecule is CCOc1cc(C)ccc1CNC(=O)CCC(C)N. The normalized spacial score (nSPS) is 12.0. The quantitative estimate of drug-likeness (QED) is 0.793. The van der Waals surface area contributed by atoms with Crippen LogP contribution in [0, 0.1) is 6.92 Å². The van der Waals surface area contributed by atoms with E-state index in [-0.39, 0.29) is 11.9 Å². The van der Waals surface area contributed by atoms with Crippen molar-refractivity contribution in [2.75, 3.05) is 6.61 Å². The molecule has 0 aliphatic rings. The van der Waals surface area contributed by atoms with Crippen LogP contribution in [0.2, 0.25) is 0 Å². The Morgan fingerprint density at radius 2 is 2.21 bits per heavy atom. The van der Waals surface area contributed by atoms with Crippen LogP contribution in [-0.4, -0.2) is 18.6 Å².